The third kappa shape index (κ3) is 32.6. The van der Waals surface area contributed by atoms with Crippen molar-refractivity contribution in [2.24, 2.45) is 5.92 Å². The fourth-order valence-electron chi connectivity index (χ4n) is 8.87. The molecule has 11 N–H and O–H groups in total. The number of hydrogen-bond donors (Lipinski definition) is 11. The molecule has 0 heterocycles. The van der Waals surface area contributed by atoms with Crippen molar-refractivity contribution < 1.29 is 63.1 Å². The van der Waals surface area contributed by atoms with Crippen molar-refractivity contribution in [1.29, 1.82) is 0 Å². The summed E-state index contributed by atoms with van der Waals surface area (Å²) in [5.74, 6) is -1.64. The molecular weight excluding hydrogens is 1620 g/mol. The highest BCUT2D eigenvalue weighted by molar-refractivity contribution is 9.11. The van der Waals surface area contributed by atoms with Gasteiger partial charge in [0.1, 0.15) is 34.3 Å². The summed E-state index contributed by atoms with van der Waals surface area (Å²) in [5, 5.41) is 49.0. The molecule has 8 aromatic carbocycles. The average molecular weight is 1700 g/mol. The van der Waals surface area contributed by atoms with Crippen molar-refractivity contribution in [2.75, 3.05) is 59.7 Å². The molecule has 0 fully saturated rings. The Morgan fingerprint density at radius 3 is 0.926 bits per heavy atom. The van der Waals surface area contributed by atoms with E-state index in [1.54, 1.807) is 165 Å². The fraction of sp³-hybridized carbons (Fsp3) is 0.220. The number of hydrogen-bond acceptors (Lipinski definition) is 13. The summed E-state index contributed by atoms with van der Waals surface area (Å²) >= 11 is 21.8. The number of carbonyl (C=O) groups excluding carboxylic acids is 8. The number of methoxy groups -OCH3 is 1. The minimum absolute atomic E-state index is 0.00810. The van der Waals surface area contributed by atoms with Gasteiger partial charge in [0.25, 0.3) is 47.3 Å². The zero-order valence-corrected chi connectivity index (χ0v) is 66.8. The SMILES string of the molecule is CC(C)(C)c1ccc(C(=O)N/C(=C\c2ccc(Br)cc2)C(=O)NCCO)cc1.CC(C)COc1ccc(C(=O)N/C(=C\c2ccc(Cl)cc2)C(=O)NCCO)cc1.CCCNC(=O)/C(=C/c1ccc(Cl)cc1)NC(=O)c1ccc(Br)cc1.COc1ccc(C(=O)N/C(=C\c2ccc(Br)cc2)C(=O)NCCO)cc1. The summed E-state index contributed by atoms with van der Waals surface area (Å²) < 4.78 is 13.4. The highest BCUT2D eigenvalue weighted by Gasteiger charge is 2.21. The van der Waals surface area contributed by atoms with Crippen molar-refractivity contribution in [1.82, 2.24) is 42.5 Å². The maximum Gasteiger partial charge on any atom is 0.267 e. The maximum atomic E-state index is 12.6. The molecule has 0 aromatic heterocycles. The summed E-state index contributed by atoms with van der Waals surface area (Å²) in [5.41, 5.74) is 6.24. The van der Waals surface area contributed by atoms with E-state index in [4.69, 9.17) is 48.0 Å². The standard InChI is InChI=1S/C22H25BrN2O3.C22H25ClN2O4.C19H18BrClN2O2.C19H19BrN2O4/c1-22(2,3)17-8-6-16(7-9-17)20(27)25-19(21(28)24-12-13-26)14-15-4-10-18(23)11-5-15;1-15(2)14-29-19-9-5-17(6-10-19)21(27)25-20(22(28)24-11-12-26)13-16-3-7-18(23)8-4-16;1-2-11-22-19(25)17(12-13-3-9-16(21)10-4-13)23-18(24)14-5-7-15(20)8-6-14;1-26-16-8-4-14(5-9-16)18(24)22-17(19(25)21-10-11-23)12-13-2-6-15(20)7-3-13/h4-11,14,26H,12-13H2,1-3H3,(H,24,28)(H,25,27);3-10,13,15,26H,11-12,14H2,1-2H3,(H,24,28)(H,25,27);3-10,12H,2,11H2,1H3,(H,22,25)(H,23,24);2-9,12,23H,10-11H2,1H3,(H,21,25)(H,22,24)/b19-14-;20-13-;2*17-12-. The van der Waals surface area contributed by atoms with Crippen LogP contribution in [-0.4, -0.2) is 122 Å². The number of amides is 8. The van der Waals surface area contributed by atoms with Gasteiger partial charge in [0.05, 0.1) is 33.5 Å². The van der Waals surface area contributed by atoms with Crippen LogP contribution in [0, 0.1) is 5.92 Å². The van der Waals surface area contributed by atoms with E-state index in [0.717, 1.165) is 42.1 Å². The number of rotatable bonds is 28. The zero-order chi connectivity index (χ0) is 79.1. The van der Waals surface area contributed by atoms with E-state index in [1.165, 1.54) is 0 Å². The van der Waals surface area contributed by atoms with Crippen LogP contribution < -0.4 is 52.0 Å². The van der Waals surface area contributed by atoms with E-state index in [1.807, 2.05) is 67.6 Å². The van der Waals surface area contributed by atoms with Crippen molar-refractivity contribution in [3.05, 3.63) is 290 Å². The zero-order valence-electron chi connectivity index (χ0n) is 60.5. The molecule has 0 saturated carbocycles. The van der Waals surface area contributed by atoms with Gasteiger partial charge in [-0.2, -0.15) is 0 Å². The van der Waals surface area contributed by atoms with Gasteiger partial charge in [-0.05, 0) is 203 Å². The lowest BCUT2D eigenvalue weighted by Gasteiger charge is -2.19. The average Bonchev–Trinajstić information content (AvgIpc) is 0.858. The lowest BCUT2D eigenvalue weighted by Crippen LogP contribution is -2.36. The van der Waals surface area contributed by atoms with Gasteiger partial charge in [0.2, 0.25) is 0 Å². The number of ether oxygens (including phenoxy) is 2. The number of carbonyl (C=O) groups is 8. The smallest absolute Gasteiger partial charge is 0.267 e. The highest BCUT2D eigenvalue weighted by atomic mass is 79.9. The Morgan fingerprint density at radius 2 is 0.657 bits per heavy atom. The van der Waals surface area contributed by atoms with Gasteiger partial charge in [-0.1, -0.05) is 173 Å². The molecular formula is C82H87Br3Cl2N8O13. The summed E-state index contributed by atoms with van der Waals surface area (Å²) in [6.07, 6.45) is 7.14. The molecule has 0 saturated heterocycles. The lowest BCUT2D eigenvalue weighted by molar-refractivity contribution is -0.118. The molecule has 0 aliphatic carbocycles. The van der Waals surface area contributed by atoms with Crippen molar-refractivity contribution in [2.45, 2.75) is 53.4 Å². The largest absolute Gasteiger partial charge is 0.497 e. The maximum absolute atomic E-state index is 12.6. The number of aliphatic hydroxyl groups is 3. The van der Waals surface area contributed by atoms with Crippen molar-refractivity contribution >= 4 is 143 Å². The molecule has 0 spiro atoms. The van der Waals surface area contributed by atoms with E-state index < -0.39 is 29.5 Å². The molecule has 8 aromatic rings. The van der Waals surface area contributed by atoms with Gasteiger partial charge in [-0.25, -0.2) is 0 Å². The summed E-state index contributed by atoms with van der Waals surface area (Å²) in [6.45, 7) is 13.2. The van der Waals surface area contributed by atoms with Crippen molar-refractivity contribution in [3.8, 4) is 11.5 Å². The molecule has 568 valence electrons. The second-order valence-electron chi connectivity index (χ2n) is 24.7. The van der Waals surface area contributed by atoms with Crippen molar-refractivity contribution in [3.63, 3.8) is 0 Å². The topological polar surface area (TPSA) is 312 Å². The number of halogens is 5. The molecule has 0 bridgehead atoms. The van der Waals surface area contributed by atoms with Crippen LogP contribution in [0.4, 0.5) is 0 Å². The minimum Gasteiger partial charge on any atom is -0.497 e. The Morgan fingerprint density at radius 1 is 0.398 bits per heavy atom. The van der Waals surface area contributed by atoms with Crippen LogP contribution in [0.2, 0.25) is 10.0 Å². The molecule has 0 aliphatic heterocycles. The first-order chi connectivity index (χ1) is 51.6. The normalized spacial score (nSPS) is 11.3. The molecule has 26 heteroatoms. The van der Waals surface area contributed by atoms with E-state index >= 15 is 0 Å². The van der Waals surface area contributed by atoms with Crippen LogP contribution in [0.1, 0.15) is 117 Å². The predicted octanol–water partition coefficient (Wildman–Crippen LogP) is 13.6. The van der Waals surface area contributed by atoms with Crippen LogP contribution in [0.3, 0.4) is 0 Å². The summed E-state index contributed by atoms with van der Waals surface area (Å²) in [4.78, 5) is 99.6. The Labute approximate surface area is 664 Å². The van der Waals surface area contributed by atoms with Crippen LogP contribution in [0.5, 0.6) is 11.5 Å². The van der Waals surface area contributed by atoms with E-state index in [2.05, 4.69) is 125 Å². The van der Waals surface area contributed by atoms with Gasteiger partial charge >= 0.3 is 0 Å². The summed E-state index contributed by atoms with van der Waals surface area (Å²) in [7, 11) is 1.54. The molecule has 108 heavy (non-hydrogen) atoms. The van der Waals surface area contributed by atoms with Gasteiger partial charge in [-0.3, -0.25) is 38.4 Å². The van der Waals surface area contributed by atoms with Crippen LogP contribution in [0.25, 0.3) is 24.3 Å². The minimum atomic E-state index is -0.501. The van der Waals surface area contributed by atoms with Crippen LogP contribution in [0.15, 0.2) is 230 Å². The van der Waals surface area contributed by atoms with Gasteiger partial charge in [-0.15, -0.1) is 0 Å². The number of aliphatic hydroxyl groups excluding tert-OH is 3. The second-order valence-corrected chi connectivity index (χ2v) is 28.4. The predicted molar refractivity (Wildman–Crippen MR) is 436 cm³/mol. The summed E-state index contributed by atoms with van der Waals surface area (Å²) in [6, 6.07) is 56.0. The first kappa shape index (κ1) is 88.6. The number of nitrogens with one attached hydrogen (secondary N) is 8. The molecule has 8 rings (SSSR count). The van der Waals surface area contributed by atoms with Gasteiger partial charge < -0.3 is 67.3 Å². The third-order valence-electron chi connectivity index (χ3n) is 14.6. The monoisotopic (exact) mass is 1700 g/mol. The highest BCUT2D eigenvalue weighted by Crippen LogP contribution is 2.24. The Kier molecular flexibility index (Phi) is 38.5. The quantitative estimate of drug-likeness (QED) is 0.0204. The molecule has 8 amide bonds. The van der Waals surface area contributed by atoms with E-state index in [-0.39, 0.29) is 85.4 Å². The molecule has 21 nitrogen and oxygen atoms in total. The lowest BCUT2D eigenvalue weighted by atomic mass is 9.87. The van der Waals surface area contributed by atoms with Gasteiger partial charge in [0.15, 0.2) is 0 Å². The Bertz CT molecular complexity index is 4390. The van der Waals surface area contributed by atoms with E-state index in [0.29, 0.717) is 68.4 Å². The Balaban J connectivity index is 0.000000258. The Hall–Kier alpha value is -10.0. The molecule has 0 atom stereocenters. The first-order valence-corrected chi connectivity index (χ1v) is 37.1. The first-order valence-electron chi connectivity index (χ1n) is 33.9. The molecule has 0 unspecified atom stereocenters. The third-order valence-corrected chi connectivity index (χ3v) is 16.7. The van der Waals surface area contributed by atoms with Crippen LogP contribution >= 0.6 is 71.0 Å². The fourth-order valence-corrected chi connectivity index (χ4v) is 9.92. The van der Waals surface area contributed by atoms with Gasteiger partial charge in [0, 0.05) is 71.9 Å². The van der Waals surface area contributed by atoms with E-state index in [9.17, 15) is 38.4 Å². The van der Waals surface area contributed by atoms with Crippen LogP contribution in [-0.2, 0) is 24.6 Å². The number of benzene rings is 8. The second kappa shape index (κ2) is 46.9. The molecule has 0 aliphatic rings. The molecule has 0 radical (unpaired) electrons.